The highest BCUT2D eigenvalue weighted by Crippen LogP contribution is 2.43. The molecule has 0 aromatic carbocycles. The number of carbonyl (C=O) groups is 1. The third-order valence-corrected chi connectivity index (χ3v) is 3.15. The van der Waals surface area contributed by atoms with Crippen LogP contribution in [0.2, 0.25) is 0 Å². The smallest absolute Gasteiger partial charge is 0.249 e. The van der Waals surface area contributed by atoms with Crippen molar-refractivity contribution in [1.29, 1.82) is 0 Å². The molecule has 2 aliphatic carbocycles. The highest BCUT2D eigenvalue weighted by Gasteiger charge is 2.41. The van der Waals surface area contributed by atoms with Crippen molar-refractivity contribution in [3.05, 3.63) is 12.2 Å². The van der Waals surface area contributed by atoms with Gasteiger partial charge in [-0.3, -0.25) is 10.0 Å². The Hall–Kier alpha value is -0.830. The molecule has 3 heteroatoms. The molecule has 1 amide bonds. The summed E-state index contributed by atoms with van der Waals surface area (Å²) in [6, 6.07) is 0. The summed E-state index contributed by atoms with van der Waals surface area (Å²) in [4.78, 5) is 11.6. The zero-order chi connectivity index (χ0) is 9.42. The normalized spacial score (nSPS) is 35.4. The van der Waals surface area contributed by atoms with Gasteiger partial charge in [-0.1, -0.05) is 12.2 Å². The maximum absolute atomic E-state index is 11.6. The van der Waals surface area contributed by atoms with Crippen molar-refractivity contribution < 1.29 is 10.0 Å². The first-order valence-corrected chi connectivity index (χ1v) is 4.91. The first-order chi connectivity index (χ1) is 6.22. The van der Waals surface area contributed by atoms with Gasteiger partial charge < -0.3 is 0 Å². The van der Waals surface area contributed by atoms with Crippen LogP contribution in [-0.4, -0.2) is 22.7 Å². The quantitative estimate of drug-likeness (QED) is 0.398. The van der Waals surface area contributed by atoms with Crippen LogP contribution in [0.15, 0.2) is 12.2 Å². The fourth-order valence-corrected chi connectivity index (χ4v) is 2.41. The van der Waals surface area contributed by atoms with Crippen LogP contribution in [0.1, 0.15) is 19.8 Å². The lowest BCUT2D eigenvalue weighted by atomic mass is 9.93. The average molecular weight is 181 g/mol. The number of hydrogen-bond donors (Lipinski definition) is 1. The first kappa shape index (κ1) is 8.75. The molecule has 0 aromatic heterocycles. The van der Waals surface area contributed by atoms with Crippen LogP contribution in [0.25, 0.3) is 0 Å². The lowest BCUT2D eigenvalue weighted by Crippen LogP contribution is -2.35. The predicted molar refractivity (Wildman–Crippen MR) is 48.0 cm³/mol. The largest absolute Gasteiger partial charge is 0.286 e. The summed E-state index contributed by atoms with van der Waals surface area (Å²) in [5, 5.41) is 10.1. The van der Waals surface area contributed by atoms with Gasteiger partial charge >= 0.3 is 0 Å². The minimum Gasteiger partial charge on any atom is -0.286 e. The van der Waals surface area contributed by atoms with E-state index in [1.807, 2.05) is 0 Å². The van der Waals surface area contributed by atoms with E-state index in [2.05, 4.69) is 12.2 Å². The summed E-state index contributed by atoms with van der Waals surface area (Å²) in [6.45, 7) is 2.16. The van der Waals surface area contributed by atoms with Gasteiger partial charge in [0.05, 0.1) is 0 Å². The van der Waals surface area contributed by atoms with Gasteiger partial charge in [0.15, 0.2) is 0 Å². The molecule has 0 aliphatic heterocycles. The van der Waals surface area contributed by atoms with Gasteiger partial charge in [-0.2, -0.15) is 0 Å². The average Bonchev–Trinajstić information content (AvgIpc) is 2.76. The Morgan fingerprint density at radius 2 is 2.31 bits per heavy atom. The second-order valence-corrected chi connectivity index (χ2v) is 3.94. The van der Waals surface area contributed by atoms with E-state index in [4.69, 9.17) is 0 Å². The molecule has 2 bridgehead atoms. The fourth-order valence-electron chi connectivity index (χ4n) is 2.41. The first-order valence-electron chi connectivity index (χ1n) is 4.91. The third-order valence-electron chi connectivity index (χ3n) is 3.15. The third kappa shape index (κ3) is 1.37. The van der Waals surface area contributed by atoms with Crippen molar-refractivity contribution in [1.82, 2.24) is 5.06 Å². The van der Waals surface area contributed by atoms with E-state index in [0.29, 0.717) is 18.4 Å². The molecule has 2 rings (SSSR count). The Morgan fingerprint density at radius 1 is 1.54 bits per heavy atom. The molecular weight excluding hydrogens is 166 g/mol. The van der Waals surface area contributed by atoms with E-state index in [0.717, 1.165) is 17.9 Å². The van der Waals surface area contributed by atoms with E-state index in [1.165, 1.54) is 0 Å². The maximum atomic E-state index is 11.6. The molecule has 13 heavy (non-hydrogen) atoms. The molecule has 3 unspecified atom stereocenters. The van der Waals surface area contributed by atoms with Crippen LogP contribution in [-0.2, 0) is 4.79 Å². The molecule has 3 nitrogen and oxygen atoms in total. The molecule has 0 spiro atoms. The molecule has 0 radical (unpaired) electrons. The second kappa shape index (κ2) is 3.14. The minimum absolute atomic E-state index is 0.0416. The van der Waals surface area contributed by atoms with Crippen LogP contribution < -0.4 is 0 Å². The molecule has 0 aromatic rings. The molecular formula is C10H15NO2. The summed E-state index contributed by atoms with van der Waals surface area (Å²) in [5.74, 6) is 0.919. The topological polar surface area (TPSA) is 40.5 Å². The van der Waals surface area contributed by atoms with Gasteiger partial charge in [0, 0.05) is 12.5 Å². The lowest BCUT2D eigenvalue weighted by Gasteiger charge is -2.21. The number of rotatable bonds is 2. The SMILES string of the molecule is CCN(O)C(=O)C1CC2C=CC1C2. The zero-order valence-corrected chi connectivity index (χ0v) is 7.81. The summed E-state index contributed by atoms with van der Waals surface area (Å²) in [6.07, 6.45) is 6.35. The summed E-state index contributed by atoms with van der Waals surface area (Å²) < 4.78 is 0. The zero-order valence-electron chi connectivity index (χ0n) is 7.81. The van der Waals surface area contributed by atoms with Gasteiger partial charge in [-0.05, 0) is 31.6 Å². The number of amides is 1. The fraction of sp³-hybridized carbons (Fsp3) is 0.700. The molecule has 72 valence electrons. The Morgan fingerprint density at radius 3 is 2.77 bits per heavy atom. The monoisotopic (exact) mass is 181 g/mol. The summed E-state index contributed by atoms with van der Waals surface area (Å²) in [7, 11) is 0. The molecule has 1 fully saturated rings. The number of carbonyl (C=O) groups excluding carboxylic acids is 1. The Labute approximate surface area is 78.0 Å². The summed E-state index contributed by atoms with van der Waals surface area (Å²) >= 11 is 0. The number of fused-ring (bicyclic) bond motifs is 2. The number of hydrogen-bond acceptors (Lipinski definition) is 2. The Balaban J connectivity index is 2.03. The highest BCUT2D eigenvalue weighted by molar-refractivity contribution is 5.79. The van der Waals surface area contributed by atoms with E-state index < -0.39 is 0 Å². The number of nitrogens with zero attached hydrogens (tertiary/aromatic N) is 1. The van der Waals surface area contributed by atoms with Crippen molar-refractivity contribution in [2.45, 2.75) is 19.8 Å². The van der Waals surface area contributed by atoms with Crippen LogP contribution >= 0.6 is 0 Å². The molecule has 0 heterocycles. The van der Waals surface area contributed by atoms with Gasteiger partial charge in [0.1, 0.15) is 0 Å². The van der Waals surface area contributed by atoms with E-state index in [9.17, 15) is 10.0 Å². The molecule has 2 aliphatic rings. The van der Waals surface area contributed by atoms with Crippen molar-refractivity contribution in [3.8, 4) is 0 Å². The van der Waals surface area contributed by atoms with Crippen molar-refractivity contribution in [2.75, 3.05) is 6.54 Å². The minimum atomic E-state index is -0.0978. The van der Waals surface area contributed by atoms with Crippen molar-refractivity contribution in [2.24, 2.45) is 17.8 Å². The summed E-state index contributed by atoms with van der Waals surface area (Å²) in [5.41, 5.74) is 0. The van der Waals surface area contributed by atoms with Crippen molar-refractivity contribution >= 4 is 5.91 Å². The van der Waals surface area contributed by atoms with Crippen LogP contribution in [0.4, 0.5) is 0 Å². The van der Waals surface area contributed by atoms with Gasteiger partial charge in [0.25, 0.3) is 0 Å². The van der Waals surface area contributed by atoms with E-state index >= 15 is 0 Å². The Kier molecular flexibility index (Phi) is 2.12. The van der Waals surface area contributed by atoms with E-state index in [1.54, 1.807) is 6.92 Å². The number of allylic oxidation sites excluding steroid dienone is 2. The van der Waals surface area contributed by atoms with Gasteiger partial charge in [-0.25, -0.2) is 5.06 Å². The van der Waals surface area contributed by atoms with Crippen molar-refractivity contribution in [3.63, 3.8) is 0 Å². The maximum Gasteiger partial charge on any atom is 0.249 e. The molecule has 3 atom stereocenters. The molecule has 1 N–H and O–H groups in total. The van der Waals surface area contributed by atoms with Gasteiger partial charge in [-0.15, -0.1) is 0 Å². The molecule has 1 saturated carbocycles. The molecule has 0 saturated heterocycles. The standard InChI is InChI=1S/C10H15NO2/c1-2-11(13)10(12)9-6-7-3-4-8(9)5-7/h3-4,7-9,13H,2,5-6H2,1H3. The lowest BCUT2D eigenvalue weighted by molar-refractivity contribution is -0.170. The van der Waals surface area contributed by atoms with Crippen LogP contribution in [0.5, 0.6) is 0 Å². The highest BCUT2D eigenvalue weighted by atomic mass is 16.5. The predicted octanol–water partition coefficient (Wildman–Crippen LogP) is 1.44. The van der Waals surface area contributed by atoms with Crippen LogP contribution in [0, 0.1) is 17.8 Å². The van der Waals surface area contributed by atoms with Gasteiger partial charge in [0.2, 0.25) is 5.91 Å². The van der Waals surface area contributed by atoms with E-state index in [-0.39, 0.29) is 11.8 Å². The van der Waals surface area contributed by atoms with Crippen LogP contribution in [0.3, 0.4) is 0 Å². The Bertz CT molecular complexity index is 249. The second-order valence-electron chi connectivity index (χ2n) is 3.94. The number of hydroxylamine groups is 2.